The molecule has 302 valence electrons. The SMILES string of the molecule is CO[C@@H](C)c1ncc(N2CCN(C(=O)OCc3ccccc3)CC2)cc1-c1c(CC(C)(C)CO)c2cc(B3OC(C)(C)C(C)(C)O3)c(F)cc2n1CC(F)(F)F. The number of aromatic nitrogens is 2. The number of halogens is 4. The number of hydrogen-bond donors (Lipinski definition) is 1. The van der Waals surface area contributed by atoms with Crippen molar-refractivity contribution < 1.29 is 46.2 Å². The van der Waals surface area contributed by atoms with Gasteiger partial charge in [0.1, 0.15) is 19.0 Å². The van der Waals surface area contributed by atoms with Crippen LogP contribution < -0.4 is 10.4 Å². The van der Waals surface area contributed by atoms with Crippen molar-refractivity contribution in [3.8, 4) is 11.3 Å². The average Bonchev–Trinajstić information content (AvgIpc) is 3.54. The van der Waals surface area contributed by atoms with Gasteiger partial charge in [0, 0.05) is 56.3 Å². The van der Waals surface area contributed by atoms with Crippen LogP contribution in [0.4, 0.5) is 28.0 Å². The number of amides is 1. The van der Waals surface area contributed by atoms with E-state index in [1.807, 2.05) is 76.8 Å². The van der Waals surface area contributed by atoms with Gasteiger partial charge in [0.05, 0.1) is 46.1 Å². The number of ether oxygens (including phenoxy) is 2. The van der Waals surface area contributed by atoms with E-state index in [0.717, 1.165) is 16.2 Å². The number of alkyl halides is 3. The maximum absolute atomic E-state index is 16.3. The van der Waals surface area contributed by atoms with Gasteiger partial charge in [0.2, 0.25) is 0 Å². The Hall–Kier alpha value is -4.18. The Balaban J connectivity index is 1.46. The molecule has 4 heterocycles. The Morgan fingerprint density at radius 3 is 2.25 bits per heavy atom. The van der Waals surface area contributed by atoms with E-state index >= 15 is 4.39 Å². The average molecular weight is 783 g/mol. The van der Waals surface area contributed by atoms with Crippen molar-refractivity contribution in [2.24, 2.45) is 5.41 Å². The van der Waals surface area contributed by atoms with Gasteiger partial charge in [-0.1, -0.05) is 44.2 Å². The summed E-state index contributed by atoms with van der Waals surface area (Å²) in [6.45, 7) is 12.8. The molecule has 56 heavy (non-hydrogen) atoms. The number of fused-ring (bicyclic) bond motifs is 1. The highest BCUT2D eigenvalue weighted by atomic mass is 19.4. The largest absolute Gasteiger partial charge is 0.497 e. The molecule has 1 N–H and O–H groups in total. The standard InChI is InChI=1S/C41H51BF4N4O6/c1-26(53-8)35-30(18-28(22-47-35)48-14-16-49(17-15-48)37(52)54-23-27-12-10-9-11-13-27)36-31(21-38(2,3)25-51)29-19-32(42-55-39(4,5)40(6,7)56-42)33(43)20-34(29)50(36)24-41(44,45)46/h9-13,18-20,22,26,51H,14-17,21,23-25H2,1-8H3/t26-/m0/s1. The number of rotatable bonds is 11. The minimum absolute atomic E-state index is 0.0304. The van der Waals surface area contributed by atoms with Crippen LogP contribution in [0.25, 0.3) is 22.2 Å². The monoisotopic (exact) mass is 782 g/mol. The molecular weight excluding hydrogens is 731 g/mol. The summed E-state index contributed by atoms with van der Waals surface area (Å²) in [5.74, 6) is -0.769. The van der Waals surface area contributed by atoms with Crippen molar-refractivity contribution >= 4 is 35.3 Å². The second kappa shape index (κ2) is 15.6. The summed E-state index contributed by atoms with van der Waals surface area (Å²) >= 11 is 0. The molecule has 0 aliphatic carbocycles. The summed E-state index contributed by atoms with van der Waals surface area (Å²) in [4.78, 5) is 21.3. The van der Waals surface area contributed by atoms with Crippen molar-refractivity contribution in [1.82, 2.24) is 14.5 Å². The number of piperazine rings is 1. The molecule has 0 unspecified atom stereocenters. The molecule has 0 spiro atoms. The third-order valence-corrected chi connectivity index (χ3v) is 11.2. The van der Waals surface area contributed by atoms with Gasteiger partial charge in [-0.05, 0) is 75.8 Å². The van der Waals surface area contributed by atoms with Gasteiger partial charge < -0.3 is 38.3 Å². The molecule has 2 fully saturated rings. The van der Waals surface area contributed by atoms with Crippen molar-refractivity contribution in [3.63, 3.8) is 0 Å². The summed E-state index contributed by atoms with van der Waals surface area (Å²) in [5.41, 5.74) is 0.674. The number of hydrogen-bond acceptors (Lipinski definition) is 8. The summed E-state index contributed by atoms with van der Waals surface area (Å²) < 4.78 is 84.9. The first-order chi connectivity index (χ1) is 26.2. The minimum atomic E-state index is -4.69. The number of nitrogens with zero attached hydrogens (tertiary/aromatic N) is 4. The van der Waals surface area contributed by atoms with Crippen molar-refractivity contribution in [2.45, 2.75) is 91.5 Å². The molecule has 1 atom stereocenters. The highest BCUT2D eigenvalue weighted by Crippen LogP contribution is 2.44. The predicted octanol–water partition coefficient (Wildman–Crippen LogP) is 7.43. The van der Waals surface area contributed by atoms with Crippen LogP contribution in [0.15, 0.2) is 54.7 Å². The van der Waals surface area contributed by atoms with Crippen LogP contribution in [0.3, 0.4) is 0 Å². The number of aliphatic hydroxyl groups excluding tert-OH is 1. The number of aliphatic hydroxyl groups is 1. The second-order valence-electron chi connectivity index (χ2n) is 16.5. The molecule has 15 heteroatoms. The van der Waals surface area contributed by atoms with Gasteiger partial charge in [-0.2, -0.15) is 13.2 Å². The van der Waals surface area contributed by atoms with E-state index in [4.69, 9.17) is 23.8 Å². The molecule has 2 aromatic carbocycles. The molecule has 10 nitrogen and oxygen atoms in total. The number of benzene rings is 2. The van der Waals surface area contributed by atoms with Crippen LogP contribution >= 0.6 is 0 Å². The maximum atomic E-state index is 16.3. The Labute approximate surface area is 325 Å². The first kappa shape index (κ1) is 41.5. The number of carbonyl (C=O) groups is 1. The van der Waals surface area contributed by atoms with Crippen LogP contribution in [-0.2, 0) is 38.4 Å². The normalized spacial score (nSPS) is 17.8. The summed E-state index contributed by atoms with van der Waals surface area (Å²) in [5, 5.41) is 10.8. The number of anilines is 1. The van der Waals surface area contributed by atoms with Crippen molar-refractivity contribution in [3.05, 3.63) is 77.4 Å². The fourth-order valence-corrected chi connectivity index (χ4v) is 7.19. The third kappa shape index (κ3) is 8.56. The lowest BCUT2D eigenvalue weighted by atomic mass is 9.77. The molecule has 2 aliphatic rings. The van der Waals surface area contributed by atoms with E-state index in [-0.39, 0.29) is 36.3 Å². The highest BCUT2D eigenvalue weighted by molar-refractivity contribution is 6.62. The van der Waals surface area contributed by atoms with Crippen LogP contribution in [0, 0.1) is 11.2 Å². The van der Waals surface area contributed by atoms with Gasteiger partial charge in [0.15, 0.2) is 0 Å². The van der Waals surface area contributed by atoms with E-state index in [2.05, 4.69) is 0 Å². The predicted molar refractivity (Wildman–Crippen MR) is 207 cm³/mol. The van der Waals surface area contributed by atoms with Crippen LogP contribution in [0.2, 0.25) is 0 Å². The smallest absolute Gasteiger partial charge is 0.445 e. The zero-order valence-electron chi connectivity index (χ0n) is 33.3. The molecule has 2 aliphatic heterocycles. The lowest BCUT2D eigenvalue weighted by Crippen LogP contribution is -2.49. The third-order valence-electron chi connectivity index (χ3n) is 11.2. The molecule has 0 saturated carbocycles. The van der Waals surface area contributed by atoms with Gasteiger partial charge in [-0.25, -0.2) is 9.18 Å². The van der Waals surface area contributed by atoms with Crippen LogP contribution in [0.1, 0.15) is 71.4 Å². The van der Waals surface area contributed by atoms with E-state index in [1.54, 1.807) is 24.1 Å². The fourth-order valence-electron chi connectivity index (χ4n) is 7.19. The lowest BCUT2D eigenvalue weighted by molar-refractivity contribution is -0.139. The van der Waals surface area contributed by atoms with Gasteiger partial charge >= 0.3 is 19.4 Å². The Bertz CT molecular complexity index is 2030. The van der Waals surface area contributed by atoms with Gasteiger partial charge in [0.25, 0.3) is 0 Å². The maximum Gasteiger partial charge on any atom is 0.497 e. The highest BCUT2D eigenvalue weighted by Gasteiger charge is 2.52. The first-order valence-electron chi connectivity index (χ1n) is 18.9. The lowest BCUT2D eigenvalue weighted by Gasteiger charge is -2.35. The zero-order valence-corrected chi connectivity index (χ0v) is 33.3. The summed E-state index contributed by atoms with van der Waals surface area (Å²) in [7, 11) is 0.383. The number of carbonyl (C=O) groups excluding carboxylic acids is 1. The van der Waals surface area contributed by atoms with E-state index < -0.39 is 54.5 Å². The van der Waals surface area contributed by atoms with Crippen molar-refractivity contribution in [2.75, 3.05) is 44.8 Å². The fraction of sp³-hybridized carbons (Fsp3) is 0.512. The molecule has 2 aromatic heterocycles. The van der Waals surface area contributed by atoms with E-state index in [9.17, 15) is 23.1 Å². The number of methoxy groups -OCH3 is 1. The van der Waals surface area contributed by atoms with Gasteiger partial charge in [-0.3, -0.25) is 4.98 Å². The zero-order chi connectivity index (χ0) is 40.8. The van der Waals surface area contributed by atoms with E-state index in [0.29, 0.717) is 54.1 Å². The topological polar surface area (TPSA) is 98.5 Å². The molecule has 1 amide bonds. The molecular formula is C41H51BF4N4O6. The molecule has 0 radical (unpaired) electrons. The summed E-state index contributed by atoms with van der Waals surface area (Å²) in [6.07, 6.45) is -3.96. The summed E-state index contributed by atoms with van der Waals surface area (Å²) in [6, 6.07) is 13.8. The molecule has 0 bridgehead atoms. The van der Waals surface area contributed by atoms with Crippen LogP contribution in [0.5, 0.6) is 0 Å². The Morgan fingerprint density at radius 1 is 1.02 bits per heavy atom. The minimum Gasteiger partial charge on any atom is -0.445 e. The van der Waals surface area contributed by atoms with E-state index in [1.165, 1.54) is 13.2 Å². The van der Waals surface area contributed by atoms with Crippen molar-refractivity contribution in [1.29, 1.82) is 0 Å². The molecule has 2 saturated heterocycles. The Kier molecular flexibility index (Phi) is 11.6. The van der Waals surface area contributed by atoms with Gasteiger partial charge in [-0.15, -0.1) is 0 Å². The number of pyridine rings is 1. The first-order valence-corrected chi connectivity index (χ1v) is 18.9. The molecule has 6 rings (SSSR count). The quantitative estimate of drug-likeness (QED) is 0.124. The Morgan fingerprint density at radius 2 is 1.66 bits per heavy atom. The molecule has 4 aromatic rings. The second-order valence-corrected chi connectivity index (χ2v) is 16.5. The van der Waals surface area contributed by atoms with Crippen LogP contribution in [-0.4, -0.2) is 90.0 Å².